The van der Waals surface area contributed by atoms with Crippen molar-refractivity contribution in [1.29, 1.82) is 0 Å². The van der Waals surface area contributed by atoms with Crippen molar-refractivity contribution in [3.05, 3.63) is 53.2 Å². The fourth-order valence-electron chi connectivity index (χ4n) is 3.42. The lowest BCUT2D eigenvalue weighted by molar-refractivity contribution is 0.164. The van der Waals surface area contributed by atoms with Crippen molar-refractivity contribution in [2.45, 2.75) is 45.6 Å². The summed E-state index contributed by atoms with van der Waals surface area (Å²) < 4.78 is 32.1. The van der Waals surface area contributed by atoms with E-state index in [0.717, 1.165) is 25.3 Å². The summed E-state index contributed by atoms with van der Waals surface area (Å²) in [5, 5.41) is 2.91. The van der Waals surface area contributed by atoms with Gasteiger partial charge < -0.3 is 14.6 Å². The zero-order valence-electron chi connectivity index (χ0n) is 15.7. The Labute approximate surface area is 157 Å². The lowest BCUT2D eigenvalue weighted by Gasteiger charge is -2.32. The average Bonchev–Trinajstić information content (AvgIpc) is 3.08. The lowest BCUT2D eigenvalue weighted by Crippen LogP contribution is -2.45. The molecule has 1 atom stereocenters. The van der Waals surface area contributed by atoms with Gasteiger partial charge >= 0.3 is 6.03 Å². The van der Waals surface area contributed by atoms with Gasteiger partial charge in [-0.15, -0.1) is 0 Å². The number of aromatic nitrogens is 1. The molecule has 2 aromatic rings. The molecular formula is C20H25F2N3O2. The van der Waals surface area contributed by atoms with Crippen LogP contribution in [0.3, 0.4) is 0 Å². The molecule has 1 N–H and O–H groups in total. The smallest absolute Gasteiger partial charge is 0.318 e. The van der Waals surface area contributed by atoms with Gasteiger partial charge in [-0.3, -0.25) is 0 Å². The Bertz CT molecular complexity index is 785. The van der Waals surface area contributed by atoms with Gasteiger partial charge in [0.2, 0.25) is 5.89 Å². The number of likely N-dealkylation sites (tertiary alicyclic amines) is 1. The minimum Gasteiger partial charge on any atom is -0.444 e. The Morgan fingerprint density at radius 1 is 1.37 bits per heavy atom. The Kier molecular flexibility index (Phi) is 6.08. The molecule has 0 spiro atoms. The number of halogens is 2. The highest BCUT2D eigenvalue weighted by Gasteiger charge is 2.25. The summed E-state index contributed by atoms with van der Waals surface area (Å²) in [5.74, 6) is 0.610. The molecule has 0 bridgehead atoms. The highest BCUT2D eigenvalue weighted by atomic mass is 19.1. The summed E-state index contributed by atoms with van der Waals surface area (Å²) >= 11 is 0. The number of benzene rings is 1. The second kappa shape index (κ2) is 8.50. The molecule has 146 valence electrons. The fraction of sp³-hybridized carbons (Fsp3) is 0.500. The predicted octanol–water partition coefficient (Wildman–Crippen LogP) is 4.38. The molecule has 3 rings (SSSR count). The van der Waals surface area contributed by atoms with Crippen LogP contribution in [0.2, 0.25) is 0 Å². The van der Waals surface area contributed by atoms with E-state index in [1.54, 1.807) is 11.1 Å². The van der Waals surface area contributed by atoms with Gasteiger partial charge in [-0.1, -0.05) is 6.07 Å². The van der Waals surface area contributed by atoms with Crippen LogP contribution in [0.25, 0.3) is 0 Å². The molecule has 2 amide bonds. The Balaban J connectivity index is 1.43. The van der Waals surface area contributed by atoms with Crippen LogP contribution in [0.15, 0.2) is 28.8 Å². The van der Waals surface area contributed by atoms with Crippen molar-refractivity contribution in [1.82, 2.24) is 15.2 Å². The number of carbonyl (C=O) groups excluding carboxylic acids is 1. The standard InChI is InChI=1S/C20H25F2N3O2/c1-13-12-23-19(27-13)14(2)24-20(26)25-9-7-15(8-10-25)3-4-16-5-6-17(21)11-18(16)22/h5-6,11-12,14-15H,3-4,7-10H2,1-2H3,(H,24,26). The number of nitrogens with one attached hydrogen (secondary N) is 1. The van der Waals surface area contributed by atoms with E-state index in [1.807, 2.05) is 13.8 Å². The van der Waals surface area contributed by atoms with Crippen LogP contribution in [0.5, 0.6) is 0 Å². The summed E-state index contributed by atoms with van der Waals surface area (Å²) in [5.41, 5.74) is 0.548. The molecule has 2 heterocycles. The molecule has 7 heteroatoms. The van der Waals surface area contributed by atoms with Crippen LogP contribution in [-0.2, 0) is 6.42 Å². The van der Waals surface area contributed by atoms with Gasteiger partial charge in [0.1, 0.15) is 23.4 Å². The Morgan fingerprint density at radius 3 is 2.74 bits per heavy atom. The Hall–Kier alpha value is -2.44. The van der Waals surface area contributed by atoms with Crippen molar-refractivity contribution < 1.29 is 18.0 Å². The topological polar surface area (TPSA) is 58.4 Å². The zero-order valence-corrected chi connectivity index (χ0v) is 15.7. The van der Waals surface area contributed by atoms with Gasteiger partial charge in [0.15, 0.2) is 0 Å². The lowest BCUT2D eigenvalue weighted by atomic mass is 9.90. The number of hydrogen-bond donors (Lipinski definition) is 1. The van der Waals surface area contributed by atoms with Crippen LogP contribution in [-0.4, -0.2) is 29.0 Å². The maximum atomic E-state index is 13.7. The summed E-state index contributed by atoms with van der Waals surface area (Å²) in [4.78, 5) is 18.3. The highest BCUT2D eigenvalue weighted by Crippen LogP contribution is 2.24. The van der Waals surface area contributed by atoms with E-state index in [4.69, 9.17) is 4.42 Å². The number of oxazole rings is 1. The zero-order chi connectivity index (χ0) is 19.4. The molecule has 1 aliphatic heterocycles. The number of urea groups is 1. The van der Waals surface area contributed by atoms with Gasteiger partial charge in [-0.25, -0.2) is 18.6 Å². The SMILES string of the molecule is Cc1cnc(C(C)NC(=O)N2CCC(CCc3ccc(F)cc3F)CC2)o1. The van der Waals surface area contributed by atoms with E-state index in [9.17, 15) is 13.6 Å². The minimum atomic E-state index is -0.551. The first kappa shape index (κ1) is 19.3. The molecule has 1 aliphatic rings. The number of amides is 2. The first-order valence-corrected chi connectivity index (χ1v) is 9.34. The van der Waals surface area contributed by atoms with Gasteiger partial charge in [0, 0.05) is 19.2 Å². The predicted molar refractivity (Wildman–Crippen MR) is 97.2 cm³/mol. The fourth-order valence-corrected chi connectivity index (χ4v) is 3.42. The molecule has 1 aromatic carbocycles. The van der Waals surface area contributed by atoms with E-state index in [0.29, 0.717) is 42.6 Å². The number of carbonyl (C=O) groups is 1. The number of aryl methyl sites for hydroxylation is 2. The van der Waals surface area contributed by atoms with Crippen molar-refractivity contribution in [2.24, 2.45) is 5.92 Å². The molecular weight excluding hydrogens is 352 g/mol. The highest BCUT2D eigenvalue weighted by molar-refractivity contribution is 5.74. The maximum Gasteiger partial charge on any atom is 0.318 e. The van der Waals surface area contributed by atoms with Crippen molar-refractivity contribution in [2.75, 3.05) is 13.1 Å². The van der Waals surface area contributed by atoms with Gasteiger partial charge in [-0.05, 0) is 57.1 Å². The minimum absolute atomic E-state index is 0.124. The summed E-state index contributed by atoms with van der Waals surface area (Å²) in [6.07, 6.45) is 4.81. The van der Waals surface area contributed by atoms with E-state index < -0.39 is 11.6 Å². The summed E-state index contributed by atoms with van der Waals surface area (Å²) in [6, 6.07) is 3.33. The molecule has 1 aromatic heterocycles. The second-order valence-corrected chi connectivity index (χ2v) is 7.19. The third-order valence-electron chi connectivity index (χ3n) is 5.09. The normalized spacial score (nSPS) is 16.4. The number of nitrogens with zero attached hydrogens (tertiary/aromatic N) is 2. The van der Waals surface area contributed by atoms with E-state index >= 15 is 0 Å². The van der Waals surface area contributed by atoms with Crippen molar-refractivity contribution in [3.8, 4) is 0 Å². The molecule has 27 heavy (non-hydrogen) atoms. The number of hydrogen-bond acceptors (Lipinski definition) is 3. The first-order valence-electron chi connectivity index (χ1n) is 9.34. The molecule has 5 nitrogen and oxygen atoms in total. The monoisotopic (exact) mass is 377 g/mol. The van der Waals surface area contributed by atoms with Gasteiger partial charge in [0.25, 0.3) is 0 Å². The van der Waals surface area contributed by atoms with Crippen molar-refractivity contribution in [3.63, 3.8) is 0 Å². The molecule has 1 fully saturated rings. The third-order valence-corrected chi connectivity index (χ3v) is 5.09. The number of piperidine rings is 1. The van der Waals surface area contributed by atoms with Gasteiger partial charge in [-0.2, -0.15) is 0 Å². The van der Waals surface area contributed by atoms with E-state index in [-0.39, 0.29) is 12.1 Å². The molecule has 1 saturated heterocycles. The summed E-state index contributed by atoms with van der Waals surface area (Å²) in [7, 11) is 0. The van der Waals surface area contributed by atoms with Crippen molar-refractivity contribution >= 4 is 6.03 Å². The first-order chi connectivity index (χ1) is 12.9. The molecule has 1 unspecified atom stereocenters. The van der Waals surface area contributed by atoms with Gasteiger partial charge in [0.05, 0.1) is 6.20 Å². The molecule has 0 saturated carbocycles. The van der Waals surface area contributed by atoms with Crippen LogP contribution < -0.4 is 5.32 Å². The van der Waals surface area contributed by atoms with Crippen LogP contribution in [0.1, 0.15) is 49.4 Å². The Morgan fingerprint density at radius 2 is 2.11 bits per heavy atom. The largest absolute Gasteiger partial charge is 0.444 e. The average molecular weight is 377 g/mol. The van der Waals surface area contributed by atoms with Crippen LogP contribution in [0, 0.1) is 24.5 Å². The van der Waals surface area contributed by atoms with Crippen LogP contribution in [0.4, 0.5) is 13.6 Å². The van der Waals surface area contributed by atoms with E-state index in [1.165, 1.54) is 12.1 Å². The summed E-state index contributed by atoms with van der Waals surface area (Å²) in [6.45, 7) is 4.99. The van der Waals surface area contributed by atoms with Crippen LogP contribution >= 0.6 is 0 Å². The molecule has 0 radical (unpaired) electrons. The quantitative estimate of drug-likeness (QED) is 0.841. The molecule has 0 aliphatic carbocycles. The number of rotatable bonds is 5. The second-order valence-electron chi connectivity index (χ2n) is 7.19. The maximum absolute atomic E-state index is 13.7. The third kappa shape index (κ3) is 5.05. The van der Waals surface area contributed by atoms with E-state index in [2.05, 4.69) is 10.3 Å².